The van der Waals surface area contributed by atoms with E-state index in [4.69, 9.17) is 0 Å². The summed E-state index contributed by atoms with van der Waals surface area (Å²) >= 11 is 0. The summed E-state index contributed by atoms with van der Waals surface area (Å²) in [5.74, 6) is 0.865. The molecule has 104 valence electrons. The largest absolute Gasteiger partial charge is 0.338 e. The first-order valence-electron chi connectivity index (χ1n) is 7.09. The molecule has 0 spiro atoms. The molecule has 0 atom stereocenters. The smallest absolute Gasteiger partial charge is 0.225 e. The Bertz CT molecular complexity index is 370. The summed E-state index contributed by atoms with van der Waals surface area (Å²) in [6.07, 6.45) is 3.63. The molecule has 0 aliphatic carbocycles. The minimum absolute atomic E-state index is 0.865. The Kier molecular flexibility index (Phi) is 4.22. The number of aromatic nitrogens is 2. The summed E-state index contributed by atoms with van der Waals surface area (Å²) in [5.41, 5.74) is 0. The second-order valence-electron chi connectivity index (χ2n) is 5.16. The lowest BCUT2D eigenvalue weighted by atomic mass is 10.3. The first kappa shape index (κ1) is 12.8. The molecule has 1 aromatic heterocycles. The zero-order chi connectivity index (χ0) is 12.9. The fraction of sp³-hybridized carbons (Fsp3) is 0.692. The van der Waals surface area contributed by atoms with Crippen LogP contribution in [0.4, 0.5) is 5.95 Å². The van der Waals surface area contributed by atoms with E-state index in [0.717, 1.165) is 51.9 Å². The second kappa shape index (κ2) is 6.27. The molecule has 6 heteroatoms. The zero-order valence-electron chi connectivity index (χ0n) is 11.3. The number of anilines is 1. The van der Waals surface area contributed by atoms with Gasteiger partial charge in [0.05, 0.1) is 6.67 Å². The third-order valence-electron chi connectivity index (χ3n) is 3.82. The van der Waals surface area contributed by atoms with Gasteiger partial charge in [0.15, 0.2) is 0 Å². The summed E-state index contributed by atoms with van der Waals surface area (Å²) in [4.78, 5) is 16.0. The van der Waals surface area contributed by atoms with Crippen LogP contribution in [0.5, 0.6) is 0 Å². The van der Waals surface area contributed by atoms with Gasteiger partial charge in [-0.3, -0.25) is 9.80 Å². The van der Waals surface area contributed by atoms with Crippen LogP contribution in [0, 0.1) is 0 Å². The minimum Gasteiger partial charge on any atom is -0.338 e. The van der Waals surface area contributed by atoms with Gasteiger partial charge in [0, 0.05) is 64.8 Å². The first-order valence-corrected chi connectivity index (χ1v) is 7.09. The summed E-state index contributed by atoms with van der Waals surface area (Å²) in [6.45, 7) is 9.93. The molecule has 0 amide bonds. The van der Waals surface area contributed by atoms with Crippen molar-refractivity contribution in [2.75, 3.05) is 63.9 Å². The summed E-state index contributed by atoms with van der Waals surface area (Å²) in [7, 11) is 0. The van der Waals surface area contributed by atoms with Crippen molar-refractivity contribution in [2.45, 2.75) is 0 Å². The van der Waals surface area contributed by atoms with E-state index in [9.17, 15) is 0 Å². The molecule has 1 aromatic rings. The van der Waals surface area contributed by atoms with E-state index in [2.05, 4.69) is 30.0 Å². The lowest BCUT2D eigenvalue weighted by Gasteiger charge is -2.38. The van der Waals surface area contributed by atoms with Crippen LogP contribution in [-0.4, -0.2) is 78.8 Å². The highest BCUT2D eigenvalue weighted by molar-refractivity contribution is 5.29. The topological polar surface area (TPSA) is 47.5 Å². The van der Waals surface area contributed by atoms with Crippen molar-refractivity contribution in [1.29, 1.82) is 0 Å². The fourth-order valence-electron chi connectivity index (χ4n) is 2.68. The lowest BCUT2D eigenvalue weighted by molar-refractivity contribution is 0.114. The number of piperazine rings is 2. The normalized spacial score (nSPS) is 22.6. The van der Waals surface area contributed by atoms with Gasteiger partial charge >= 0.3 is 0 Å². The molecular formula is C13H22N6. The third kappa shape index (κ3) is 3.40. The van der Waals surface area contributed by atoms with E-state index in [1.807, 2.05) is 18.5 Å². The van der Waals surface area contributed by atoms with Crippen molar-refractivity contribution >= 4 is 5.95 Å². The highest BCUT2D eigenvalue weighted by atomic mass is 15.4. The number of rotatable bonds is 3. The van der Waals surface area contributed by atoms with Gasteiger partial charge in [0.1, 0.15) is 0 Å². The monoisotopic (exact) mass is 262 g/mol. The molecule has 0 aromatic carbocycles. The molecule has 6 nitrogen and oxygen atoms in total. The van der Waals surface area contributed by atoms with E-state index in [-0.39, 0.29) is 0 Å². The summed E-state index contributed by atoms with van der Waals surface area (Å²) < 4.78 is 0. The SMILES string of the molecule is c1cnc(N2CCN(CN3CCNCC3)CC2)nc1. The molecule has 2 fully saturated rings. The Morgan fingerprint density at radius 2 is 1.53 bits per heavy atom. The molecule has 2 aliphatic heterocycles. The first-order chi connectivity index (χ1) is 9.42. The average molecular weight is 262 g/mol. The molecule has 3 heterocycles. The van der Waals surface area contributed by atoms with Gasteiger partial charge in [0.2, 0.25) is 5.95 Å². The Balaban J connectivity index is 1.46. The predicted octanol–water partition coefficient (Wildman–Crippen LogP) is -0.539. The average Bonchev–Trinajstić information content (AvgIpc) is 2.50. The maximum Gasteiger partial charge on any atom is 0.225 e. The molecule has 1 N–H and O–H groups in total. The molecule has 19 heavy (non-hydrogen) atoms. The Labute approximate surface area is 114 Å². The fourth-order valence-corrected chi connectivity index (χ4v) is 2.68. The van der Waals surface area contributed by atoms with E-state index in [0.29, 0.717) is 0 Å². The van der Waals surface area contributed by atoms with Crippen LogP contribution in [-0.2, 0) is 0 Å². The van der Waals surface area contributed by atoms with Crippen molar-refractivity contribution in [1.82, 2.24) is 25.1 Å². The van der Waals surface area contributed by atoms with Crippen molar-refractivity contribution in [2.24, 2.45) is 0 Å². The summed E-state index contributed by atoms with van der Waals surface area (Å²) in [6, 6.07) is 1.87. The number of hydrogen-bond acceptors (Lipinski definition) is 6. The molecule has 0 saturated carbocycles. The van der Waals surface area contributed by atoms with Crippen LogP contribution in [0.15, 0.2) is 18.5 Å². The molecule has 0 unspecified atom stereocenters. The molecular weight excluding hydrogens is 240 g/mol. The molecule has 2 saturated heterocycles. The van der Waals surface area contributed by atoms with E-state index >= 15 is 0 Å². The molecule has 2 aliphatic rings. The molecule has 0 bridgehead atoms. The highest BCUT2D eigenvalue weighted by Gasteiger charge is 2.20. The zero-order valence-corrected chi connectivity index (χ0v) is 11.3. The Hall–Kier alpha value is -1.24. The van der Waals surface area contributed by atoms with Crippen molar-refractivity contribution in [3.8, 4) is 0 Å². The van der Waals surface area contributed by atoms with Crippen molar-refractivity contribution in [3.05, 3.63) is 18.5 Å². The van der Waals surface area contributed by atoms with Crippen LogP contribution in [0.3, 0.4) is 0 Å². The number of nitrogens with one attached hydrogen (secondary N) is 1. The van der Waals surface area contributed by atoms with Gasteiger partial charge in [-0.25, -0.2) is 9.97 Å². The van der Waals surface area contributed by atoms with Gasteiger partial charge < -0.3 is 10.2 Å². The van der Waals surface area contributed by atoms with E-state index in [1.54, 1.807) is 0 Å². The number of nitrogens with zero attached hydrogens (tertiary/aromatic N) is 5. The van der Waals surface area contributed by atoms with Crippen molar-refractivity contribution < 1.29 is 0 Å². The minimum atomic E-state index is 0.865. The predicted molar refractivity (Wildman–Crippen MR) is 75.1 cm³/mol. The Morgan fingerprint density at radius 1 is 0.895 bits per heavy atom. The maximum atomic E-state index is 4.32. The summed E-state index contributed by atoms with van der Waals surface area (Å²) in [5, 5.41) is 3.40. The molecule has 0 radical (unpaired) electrons. The van der Waals surface area contributed by atoms with Gasteiger partial charge in [0.25, 0.3) is 0 Å². The van der Waals surface area contributed by atoms with Crippen LogP contribution < -0.4 is 10.2 Å². The second-order valence-corrected chi connectivity index (χ2v) is 5.16. The van der Waals surface area contributed by atoms with Gasteiger partial charge in [-0.2, -0.15) is 0 Å². The van der Waals surface area contributed by atoms with Gasteiger partial charge in [-0.1, -0.05) is 0 Å². The van der Waals surface area contributed by atoms with Crippen LogP contribution in [0.25, 0.3) is 0 Å². The van der Waals surface area contributed by atoms with E-state index < -0.39 is 0 Å². The van der Waals surface area contributed by atoms with Crippen LogP contribution in [0.2, 0.25) is 0 Å². The highest BCUT2D eigenvalue weighted by Crippen LogP contribution is 2.10. The standard InChI is InChI=1S/C13H22N6/c1-2-15-13(16-3-1)19-10-8-18(9-11-19)12-17-6-4-14-5-7-17/h1-3,14H,4-12H2. The van der Waals surface area contributed by atoms with Crippen LogP contribution in [0.1, 0.15) is 0 Å². The lowest BCUT2D eigenvalue weighted by Crippen LogP contribution is -2.53. The third-order valence-corrected chi connectivity index (χ3v) is 3.82. The Morgan fingerprint density at radius 3 is 2.21 bits per heavy atom. The molecule has 3 rings (SSSR count). The maximum absolute atomic E-state index is 4.32. The van der Waals surface area contributed by atoms with Gasteiger partial charge in [-0.15, -0.1) is 0 Å². The van der Waals surface area contributed by atoms with Crippen LogP contribution >= 0.6 is 0 Å². The quantitative estimate of drug-likeness (QED) is 0.789. The van der Waals surface area contributed by atoms with E-state index in [1.165, 1.54) is 13.1 Å². The van der Waals surface area contributed by atoms with Gasteiger partial charge in [-0.05, 0) is 6.07 Å². The number of hydrogen-bond donors (Lipinski definition) is 1. The van der Waals surface area contributed by atoms with Crippen molar-refractivity contribution in [3.63, 3.8) is 0 Å².